The molecule has 0 unspecified atom stereocenters. The third-order valence-electron chi connectivity index (χ3n) is 5.73. The van der Waals surface area contributed by atoms with Crippen LogP contribution in [0.3, 0.4) is 0 Å². The predicted octanol–water partition coefficient (Wildman–Crippen LogP) is 4.15. The van der Waals surface area contributed by atoms with Gasteiger partial charge in [-0.05, 0) is 51.5 Å². The normalized spacial score (nSPS) is 13.6. The molecule has 36 heavy (non-hydrogen) atoms. The molecule has 1 amide bonds. The van der Waals surface area contributed by atoms with Crippen LogP contribution in [-0.4, -0.2) is 61.7 Å². The number of methoxy groups -OCH3 is 1. The Labute approximate surface area is 216 Å². The van der Waals surface area contributed by atoms with Gasteiger partial charge in [-0.15, -0.1) is 11.3 Å². The summed E-state index contributed by atoms with van der Waals surface area (Å²) in [4.78, 5) is 31.4. The maximum atomic E-state index is 13.2. The minimum Gasteiger partial charge on any atom is -0.493 e. The quantitative estimate of drug-likeness (QED) is 0.443. The number of amides is 1. The van der Waals surface area contributed by atoms with Gasteiger partial charge >= 0.3 is 5.97 Å². The van der Waals surface area contributed by atoms with Gasteiger partial charge in [0.05, 0.1) is 42.3 Å². The number of fused-ring (bicyclic) bond motifs is 2. The number of ether oxygens (including phenoxy) is 2. The minimum atomic E-state index is -0.976. The number of benzene rings is 2. The first-order valence-corrected chi connectivity index (χ1v) is 12.8. The second kappa shape index (κ2) is 12.2. The van der Waals surface area contributed by atoms with Crippen LogP contribution in [0.25, 0.3) is 10.2 Å². The number of thiazole rings is 1. The molecular formula is C27H35N3O5S. The number of carboxylic acid groups (broad SMARTS) is 1. The first-order chi connectivity index (χ1) is 17.2. The fourth-order valence-electron chi connectivity index (χ4n) is 4.24. The molecule has 0 saturated carbocycles. The molecule has 1 aromatic heterocycles. The molecule has 0 radical (unpaired) electrons. The summed E-state index contributed by atoms with van der Waals surface area (Å²) in [5, 5.41) is 13.2. The van der Waals surface area contributed by atoms with Crippen molar-refractivity contribution in [1.82, 2.24) is 15.2 Å². The molecule has 1 heterocycles. The smallest absolute Gasteiger partial charge is 0.304 e. The van der Waals surface area contributed by atoms with Crippen molar-refractivity contribution in [2.45, 2.75) is 39.2 Å². The van der Waals surface area contributed by atoms with Gasteiger partial charge < -0.3 is 24.8 Å². The third kappa shape index (κ3) is 6.73. The number of aliphatic carboxylic acids is 1. The van der Waals surface area contributed by atoms with Gasteiger partial charge in [-0.1, -0.05) is 31.2 Å². The Morgan fingerprint density at radius 3 is 2.33 bits per heavy atom. The Morgan fingerprint density at radius 2 is 1.78 bits per heavy atom. The highest BCUT2D eigenvalue weighted by Gasteiger charge is 2.45. The number of carboxylic acids is 1. The average molecular weight is 514 g/mol. The molecule has 8 nitrogen and oxygen atoms in total. The largest absolute Gasteiger partial charge is 0.493 e. The average Bonchev–Trinajstić information content (AvgIpc) is 3.40. The Hall–Kier alpha value is -3.17. The molecule has 194 valence electrons. The lowest BCUT2D eigenvalue weighted by Crippen LogP contribution is -2.43. The molecule has 9 heteroatoms. The van der Waals surface area contributed by atoms with Gasteiger partial charge in [0.15, 0.2) is 11.5 Å². The zero-order chi connectivity index (χ0) is 26.3. The summed E-state index contributed by atoms with van der Waals surface area (Å²) < 4.78 is 12.1. The van der Waals surface area contributed by atoms with Gasteiger partial charge in [0.25, 0.3) is 0 Å². The number of hydrogen-bond donors (Lipinski definition) is 2. The van der Waals surface area contributed by atoms with E-state index in [-0.39, 0.29) is 18.9 Å². The van der Waals surface area contributed by atoms with Crippen molar-refractivity contribution in [2.75, 3.05) is 34.9 Å². The molecule has 3 aromatic rings. The molecule has 0 saturated heterocycles. The number of rotatable bonds is 9. The second-order valence-electron chi connectivity index (χ2n) is 9.42. The summed E-state index contributed by atoms with van der Waals surface area (Å²) >= 11 is 1.47. The number of carbonyl (C=O) groups is 2. The van der Waals surface area contributed by atoms with E-state index in [1.54, 1.807) is 7.11 Å². The van der Waals surface area contributed by atoms with Crippen LogP contribution in [0.2, 0.25) is 0 Å². The number of carbonyl (C=O) groups excluding carboxylic acids is 1. The number of nitrogens with one attached hydrogen (secondary N) is 1. The van der Waals surface area contributed by atoms with Crippen LogP contribution < -0.4 is 14.8 Å². The van der Waals surface area contributed by atoms with E-state index in [0.717, 1.165) is 32.8 Å². The molecule has 0 fully saturated rings. The van der Waals surface area contributed by atoms with Gasteiger partial charge in [0.1, 0.15) is 5.01 Å². The minimum absolute atomic E-state index is 0.206. The summed E-state index contributed by atoms with van der Waals surface area (Å²) in [6.45, 7) is 2.86. The lowest BCUT2D eigenvalue weighted by Gasteiger charge is -2.25. The molecular weight excluding hydrogens is 478 g/mol. The molecule has 0 atom stereocenters. The number of hydrogen-bond acceptors (Lipinski definition) is 7. The van der Waals surface area contributed by atoms with E-state index in [1.165, 1.54) is 11.3 Å². The zero-order valence-electron chi connectivity index (χ0n) is 21.6. The van der Waals surface area contributed by atoms with Crippen molar-refractivity contribution >= 4 is 33.4 Å². The van der Waals surface area contributed by atoms with Gasteiger partial charge in [0.2, 0.25) is 5.91 Å². The standard InChI is InChI=1S/C24H26N2O5S.C3H9N/c1-3-8-31-19-9-17-20(10-18(19)30-2)32-21(26-17)14-25-23(29)24(13-22(27)28)11-15-6-4-5-7-16(15)12-24;1-4(2)3/h4-7,9-10H,3,8,11-14H2,1-2H3,(H,25,29)(H,27,28);1-3H3. The van der Waals surface area contributed by atoms with Crippen molar-refractivity contribution in [2.24, 2.45) is 5.41 Å². The fraction of sp³-hybridized carbons (Fsp3) is 0.444. The summed E-state index contributed by atoms with van der Waals surface area (Å²) in [5.74, 6) is 0.0701. The molecule has 0 bridgehead atoms. The van der Waals surface area contributed by atoms with Crippen LogP contribution in [-0.2, 0) is 29.0 Å². The van der Waals surface area contributed by atoms with E-state index in [2.05, 4.69) is 10.3 Å². The van der Waals surface area contributed by atoms with Crippen molar-refractivity contribution in [3.63, 3.8) is 0 Å². The van der Waals surface area contributed by atoms with Gasteiger partial charge in [-0.25, -0.2) is 4.98 Å². The maximum absolute atomic E-state index is 13.2. The highest BCUT2D eigenvalue weighted by atomic mass is 32.1. The molecule has 2 N–H and O–H groups in total. The Kier molecular flexibility index (Phi) is 9.28. The van der Waals surface area contributed by atoms with Crippen molar-refractivity contribution in [3.05, 3.63) is 52.5 Å². The van der Waals surface area contributed by atoms with E-state index in [1.807, 2.05) is 69.4 Å². The fourth-order valence-corrected chi connectivity index (χ4v) is 5.15. The third-order valence-corrected chi connectivity index (χ3v) is 6.75. The van der Waals surface area contributed by atoms with Gasteiger partial charge in [-0.2, -0.15) is 0 Å². The van der Waals surface area contributed by atoms with E-state index in [0.29, 0.717) is 30.9 Å². The van der Waals surface area contributed by atoms with Gasteiger partial charge in [-0.3, -0.25) is 9.59 Å². The van der Waals surface area contributed by atoms with E-state index >= 15 is 0 Å². The topological polar surface area (TPSA) is 101 Å². The SMILES string of the molecule is CCCOc1cc2nc(CNC(=O)C3(CC(=O)O)Cc4ccccc4C3)sc2cc1OC.CN(C)C. The van der Waals surface area contributed by atoms with E-state index in [4.69, 9.17) is 9.47 Å². The lowest BCUT2D eigenvalue weighted by molar-refractivity contribution is -0.145. The van der Waals surface area contributed by atoms with Crippen LogP contribution in [0.4, 0.5) is 0 Å². The Bertz CT molecular complexity index is 1180. The summed E-state index contributed by atoms with van der Waals surface area (Å²) in [6.07, 6.45) is 1.53. The van der Waals surface area contributed by atoms with Gasteiger partial charge in [0, 0.05) is 12.1 Å². The first kappa shape index (κ1) is 27.4. The summed E-state index contributed by atoms with van der Waals surface area (Å²) in [7, 11) is 7.60. The van der Waals surface area contributed by atoms with Crippen molar-refractivity contribution in [3.8, 4) is 11.5 Å². The van der Waals surface area contributed by atoms with Crippen LogP contribution in [0, 0.1) is 5.41 Å². The molecule has 1 aliphatic rings. The zero-order valence-corrected chi connectivity index (χ0v) is 22.4. The molecule has 1 aliphatic carbocycles. The monoisotopic (exact) mass is 513 g/mol. The molecule has 2 aromatic carbocycles. The molecule has 0 aliphatic heterocycles. The van der Waals surface area contributed by atoms with Crippen LogP contribution in [0.1, 0.15) is 35.9 Å². The van der Waals surface area contributed by atoms with E-state index < -0.39 is 11.4 Å². The Morgan fingerprint density at radius 1 is 1.14 bits per heavy atom. The first-order valence-electron chi connectivity index (χ1n) is 12.0. The van der Waals surface area contributed by atoms with Crippen LogP contribution in [0.5, 0.6) is 11.5 Å². The van der Waals surface area contributed by atoms with Crippen LogP contribution >= 0.6 is 11.3 Å². The lowest BCUT2D eigenvalue weighted by atomic mass is 9.80. The number of nitrogens with zero attached hydrogens (tertiary/aromatic N) is 2. The molecule has 4 rings (SSSR count). The molecule has 0 spiro atoms. The highest BCUT2D eigenvalue weighted by Crippen LogP contribution is 2.40. The highest BCUT2D eigenvalue weighted by molar-refractivity contribution is 7.18. The second-order valence-corrected chi connectivity index (χ2v) is 10.5. The van der Waals surface area contributed by atoms with Crippen LogP contribution in [0.15, 0.2) is 36.4 Å². The summed E-state index contributed by atoms with van der Waals surface area (Å²) in [6, 6.07) is 11.5. The number of aromatic nitrogens is 1. The van der Waals surface area contributed by atoms with Crippen molar-refractivity contribution in [1.29, 1.82) is 0 Å². The predicted molar refractivity (Wildman–Crippen MR) is 142 cm³/mol. The maximum Gasteiger partial charge on any atom is 0.304 e. The van der Waals surface area contributed by atoms with E-state index in [9.17, 15) is 14.7 Å². The van der Waals surface area contributed by atoms with Crippen molar-refractivity contribution < 1.29 is 24.2 Å². The summed E-state index contributed by atoms with van der Waals surface area (Å²) in [5.41, 5.74) is 1.88. The Balaban J connectivity index is 0.000000840.